The average molecular weight is 453 g/mol. The van der Waals surface area contributed by atoms with Gasteiger partial charge in [-0.1, -0.05) is 24.3 Å². The first-order valence-corrected chi connectivity index (χ1v) is 10.8. The summed E-state index contributed by atoms with van der Waals surface area (Å²) in [5.41, 5.74) is 3.34. The molecule has 0 aliphatic rings. The Kier molecular flexibility index (Phi) is 7.30. The van der Waals surface area contributed by atoms with Crippen LogP contribution in [0.25, 0.3) is 23.1 Å². The van der Waals surface area contributed by atoms with Crippen molar-refractivity contribution < 1.29 is 19.1 Å². The summed E-state index contributed by atoms with van der Waals surface area (Å²) in [5, 5.41) is 1.10. The summed E-state index contributed by atoms with van der Waals surface area (Å²) in [4.78, 5) is 32.1. The van der Waals surface area contributed by atoms with Gasteiger partial charge in [0.2, 0.25) is 0 Å². The van der Waals surface area contributed by atoms with E-state index in [-0.39, 0.29) is 18.0 Å². The number of ketones is 2. The fraction of sp³-hybridized carbons (Fsp3) is 0.107. The van der Waals surface area contributed by atoms with Crippen LogP contribution in [-0.4, -0.2) is 28.6 Å². The quantitative estimate of drug-likeness (QED) is 0.257. The third kappa shape index (κ3) is 6.07. The fourth-order valence-electron chi connectivity index (χ4n) is 3.38. The number of carbonyl (C=O) groups is 2. The van der Waals surface area contributed by atoms with Gasteiger partial charge in [-0.15, -0.1) is 0 Å². The average Bonchev–Trinajstić information content (AvgIpc) is 3.34. The maximum Gasteiger partial charge on any atom is 0.163 e. The van der Waals surface area contributed by atoms with Gasteiger partial charge in [0.25, 0.3) is 0 Å². The molecule has 34 heavy (non-hydrogen) atoms. The molecule has 0 spiro atoms. The summed E-state index contributed by atoms with van der Waals surface area (Å²) in [6, 6.07) is 18.8. The second kappa shape index (κ2) is 10.9. The highest BCUT2D eigenvalue weighted by Crippen LogP contribution is 2.26. The summed E-state index contributed by atoms with van der Waals surface area (Å²) >= 11 is 0. The number of rotatable bonds is 10. The highest BCUT2D eigenvalue weighted by Gasteiger charge is 2.08. The zero-order valence-electron chi connectivity index (χ0n) is 18.7. The van der Waals surface area contributed by atoms with Gasteiger partial charge in [0.15, 0.2) is 11.6 Å². The van der Waals surface area contributed by atoms with E-state index < -0.39 is 0 Å². The molecule has 2 heterocycles. The number of hydrogen-bond donors (Lipinski definition) is 1. The first-order valence-electron chi connectivity index (χ1n) is 10.8. The third-order valence-electron chi connectivity index (χ3n) is 5.16. The number of H-pyrrole nitrogens is 1. The largest absolute Gasteiger partial charge is 0.497 e. The molecule has 0 aliphatic heterocycles. The van der Waals surface area contributed by atoms with E-state index in [2.05, 4.69) is 9.97 Å². The molecule has 0 amide bonds. The Balaban J connectivity index is 1.39. The number of carbonyl (C=O) groups excluding carboxylic acids is 2. The molecule has 0 saturated carbocycles. The fourth-order valence-corrected chi connectivity index (χ4v) is 3.38. The van der Waals surface area contributed by atoms with Crippen molar-refractivity contribution in [3.63, 3.8) is 0 Å². The van der Waals surface area contributed by atoms with Crippen LogP contribution < -0.4 is 9.47 Å². The molecule has 0 saturated heterocycles. The standard InChI is InChI=1S/C28H24N2O4/c1-33-26-11-12-28(34-19-23-4-2-3-14-29-23)22(17-26)8-10-25(32)18-24(31)9-6-20-5-7-21-13-15-30-27(21)16-20/h2-17,30H,18-19H2,1H3/b9-6+,10-8+. The van der Waals surface area contributed by atoms with Crippen LogP contribution in [-0.2, 0) is 16.2 Å². The predicted molar refractivity (Wildman–Crippen MR) is 133 cm³/mol. The molecule has 4 aromatic rings. The van der Waals surface area contributed by atoms with Crippen LogP contribution in [0.2, 0.25) is 0 Å². The lowest BCUT2D eigenvalue weighted by molar-refractivity contribution is -0.121. The molecule has 170 valence electrons. The van der Waals surface area contributed by atoms with Crippen LogP contribution in [0.4, 0.5) is 0 Å². The number of allylic oxidation sites excluding steroid dienone is 2. The molecule has 0 bridgehead atoms. The van der Waals surface area contributed by atoms with E-state index >= 15 is 0 Å². The Hall–Kier alpha value is -4.45. The number of aromatic amines is 1. The minimum absolute atomic E-state index is 0.216. The van der Waals surface area contributed by atoms with Gasteiger partial charge >= 0.3 is 0 Å². The van der Waals surface area contributed by atoms with Gasteiger partial charge in [0.1, 0.15) is 18.1 Å². The topological polar surface area (TPSA) is 81.3 Å². The van der Waals surface area contributed by atoms with Gasteiger partial charge in [-0.05, 0) is 71.6 Å². The highest BCUT2D eigenvalue weighted by molar-refractivity contribution is 6.11. The minimum Gasteiger partial charge on any atom is -0.497 e. The third-order valence-corrected chi connectivity index (χ3v) is 5.16. The van der Waals surface area contributed by atoms with Crippen molar-refractivity contribution >= 4 is 34.6 Å². The van der Waals surface area contributed by atoms with Crippen LogP contribution in [0.1, 0.15) is 23.2 Å². The van der Waals surface area contributed by atoms with Gasteiger partial charge in [0, 0.05) is 23.5 Å². The second-order valence-corrected chi connectivity index (χ2v) is 7.61. The normalized spacial score (nSPS) is 11.3. The molecule has 2 aromatic carbocycles. The van der Waals surface area contributed by atoms with Crippen LogP contribution in [0.3, 0.4) is 0 Å². The van der Waals surface area contributed by atoms with Crippen molar-refractivity contribution in [2.24, 2.45) is 0 Å². The van der Waals surface area contributed by atoms with Crippen LogP contribution in [0.5, 0.6) is 11.5 Å². The van der Waals surface area contributed by atoms with E-state index in [9.17, 15) is 9.59 Å². The van der Waals surface area contributed by atoms with Gasteiger partial charge in [-0.2, -0.15) is 0 Å². The number of fused-ring (bicyclic) bond motifs is 1. The molecule has 4 rings (SSSR count). The lowest BCUT2D eigenvalue weighted by Gasteiger charge is -2.10. The second-order valence-electron chi connectivity index (χ2n) is 7.61. The van der Waals surface area contributed by atoms with Gasteiger partial charge in [-0.25, -0.2) is 0 Å². The highest BCUT2D eigenvalue weighted by atomic mass is 16.5. The lowest BCUT2D eigenvalue weighted by atomic mass is 10.1. The number of ether oxygens (including phenoxy) is 2. The zero-order chi connectivity index (χ0) is 23.8. The van der Waals surface area contributed by atoms with Crippen LogP contribution in [0.15, 0.2) is 85.2 Å². The summed E-state index contributed by atoms with van der Waals surface area (Å²) in [6.07, 6.45) is 9.52. The number of benzene rings is 2. The summed E-state index contributed by atoms with van der Waals surface area (Å²) < 4.78 is 11.2. The molecule has 0 atom stereocenters. The SMILES string of the molecule is COc1ccc(OCc2ccccn2)c(/C=C/C(=O)CC(=O)/C=C/c2ccc3cc[nH]c3c2)c1. The van der Waals surface area contributed by atoms with E-state index in [1.54, 1.807) is 43.7 Å². The van der Waals surface area contributed by atoms with Gasteiger partial charge in [0.05, 0.1) is 19.2 Å². The van der Waals surface area contributed by atoms with E-state index in [1.165, 1.54) is 12.2 Å². The van der Waals surface area contributed by atoms with Crippen molar-refractivity contribution in [3.05, 3.63) is 102 Å². The Morgan fingerprint density at radius 3 is 2.62 bits per heavy atom. The van der Waals surface area contributed by atoms with Crippen molar-refractivity contribution in [2.45, 2.75) is 13.0 Å². The number of methoxy groups -OCH3 is 1. The van der Waals surface area contributed by atoms with E-state index in [4.69, 9.17) is 9.47 Å². The Labute approximate surface area is 197 Å². The summed E-state index contributed by atoms with van der Waals surface area (Å²) in [7, 11) is 1.57. The summed E-state index contributed by atoms with van der Waals surface area (Å²) in [5.74, 6) is 0.656. The minimum atomic E-state index is -0.298. The van der Waals surface area contributed by atoms with Crippen LogP contribution in [0, 0.1) is 0 Å². The Morgan fingerprint density at radius 2 is 1.82 bits per heavy atom. The Morgan fingerprint density at radius 1 is 0.971 bits per heavy atom. The maximum atomic E-state index is 12.4. The summed E-state index contributed by atoms with van der Waals surface area (Å²) in [6.45, 7) is 0.291. The molecular formula is C28H24N2O4. The molecule has 0 aliphatic carbocycles. The van der Waals surface area contributed by atoms with Gasteiger partial charge < -0.3 is 14.5 Å². The number of aromatic nitrogens is 2. The predicted octanol–water partition coefficient (Wildman–Crippen LogP) is 5.41. The number of pyridine rings is 1. The molecule has 0 radical (unpaired) electrons. The van der Waals surface area contributed by atoms with Crippen LogP contribution >= 0.6 is 0 Å². The molecule has 6 nitrogen and oxygen atoms in total. The first kappa shape index (κ1) is 22.7. The number of nitrogens with zero attached hydrogens (tertiary/aromatic N) is 1. The molecule has 1 N–H and O–H groups in total. The molecule has 0 fully saturated rings. The number of nitrogens with one attached hydrogen (secondary N) is 1. The van der Waals surface area contributed by atoms with Gasteiger partial charge in [-0.3, -0.25) is 14.6 Å². The van der Waals surface area contributed by atoms with E-state index in [0.29, 0.717) is 23.7 Å². The lowest BCUT2D eigenvalue weighted by Crippen LogP contribution is -2.02. The van der Waals surface area contributed by atoms with Crippen molar-refractivity contribution in [1.82, 2.24) is 9.97 Å². The molecular weight excluding hydrogens is 428 g/mol. The van der Waals surface area contributed by atoms with E-state index in [0.717, 1.165) is 22.2 Å². The van der Waals surface area contributed by atoms with E-state index in [1.807, 2.05) is 48.7 Å². The first-order chi connectivity index (χ1) is 16.6. The Bertz CT molecular complexity index is 1350. The smallest absolute Gasteiger partial charge is 0.163 e. The maximum absolute atomic E-state index is 12.4. The molecule has 0 unspecified atom stereocenters. The zero-order valence-corrected chi connectivity index (χ0v) is 18.7. The van der Waals surface area contributed by atoms with Crippen molar-refractivity contribution in [2.75, 3.05) is 7.11 Å². The van der Waals surface area contributed by atoms with Crippen molar-refractivity contribution in [1.29, 1.82) is 0 Å². The number of hydrogen-bond acceptors (Lipinski definition) is 5. The van der Waals surface area contributed by atoms with Crippen molar-refractivity contribution in [3.8, 4) is 11.5 Å². The molecule has 6 heteroatoms. The molecule has 2 aromatic heterocycles. The monoisotopic (exact) mass is 452 g/mol.